The number of rotatable bonds is 4. The molecule has 0 unspecified atom stereocenters. The first-order valence-electron chi connectivity index (χ1n) is 12.7. The Bertz CT molecular complexity index is 763. The van der Waals surface area contributed by atoms with E-state index in [1.165, 1.54) is 12.1 Å². The summed E-state index contributed by atoms with van der Waals surface area (Å²) in [6.45, 7) is 12.7. The van der Waals surface area contributed by atoms with Gasteiger partial charge in [-0.05, 0) is 56.8 Å². The van der Waals surface area contributed by atoms with Crippen molar-refractivity contribution in [2.75, 3.05) is 77.0 Å². The van der Waals surface area contributed by atoms with Crippen LogP contribution in [0.15, 0.2) is 24.5 Å². The zero-order valence-corrected chi connectivity index (χ0v) is 19.6. The van der Waals surface area contributed by atoms with E-state index in [-0.39, 0.29) is 5.41 Å². The average Bonchev–Trinajstić information content (AvgIpc) is 2.88. The zero-order valence-electron chi connectivity index (χ0n) is 19.6. The Morgan fingerprint density at radius 3 is 2.53 bits per heavy atom. The fraction of sp³-hybridized carbons (Fsp3) is 0.760. The lowest BCUT2D eigenvalue weighted by Crippen LogP contribution is -2.63. The van der Waals surface area contributed by atoms with Crippen LogP contribution in [0.3, 0.4) is 0 Å². The number of fused-ring (bicyclic) bond motifs is 1. The van der Waals surface area contributed by atoms with Crippen LogP contribution in [-0.2, 0) is 9.53 Å². The first-order chi connectivity index (χ1) is 15.7. The van der Waals surface area contributed by atoms with Crippen LogP contribution in [-0.4, -0.2) is 104 Å². The quantitative estimate of drug-likeness (QED) is 0.712. The number of morpholine rings is 1. The number of ether oxygens (including phenoxy) is 1. The lowest BCUT2D eigenvalue weighted by Gasteiger charge is -2.55. The van der Waals surface area contributed by atoms with Gasteiger partial charge in [-0.1, -0.05) is 6.92 Å². The highest BCUT2D eigenvalue weighted by Crippen LogP contribution is 2.49. The summed E-state index contributed by atoms with van der Waals surface area (Å²) < 4.78 is 5.59. The predicted octanol–water partition coefficient (Wildman–Crippen LogP) is 1.94. The maximum Gasteiger partial charge on any atom is 0.230 e. The number of piperidine rings is 1. The number of amides is 1. The predicted molar refractivity (Wildman–Crippen MR) is 126 cm³/mol. The molecule has 0 N–H and O–H groups in total. The fourth-order valence-corrected chi connectivity index (χ4v) is 6.65. The molecule has 3 aliphatic heterocycles. The number of aromatic nitrogens is 1. The van der Waals surface area contributed by atoms with Crippen molar-refractivity contribution in [1.82, 2.24) is 19.7 Å². The summed E-state index contributed by atoms with van der Waals surface area (Å²) >= 11 is 0. The molecule has 3 saturated heterocycles. The summed E-state index contributed by atoms with van der Waals surface area (Å²) in [5.74, 6) is 0.952. The number of carbonyl (C=O) groups is 1. The molecule has 0 spiro atoms. The summed E-state index contributed by atoms with van der Waals surface area (Å²) in [5, 5.41) is 0. The maximum atomic E-state index is 14.1. The van der Waals surface area contributed by atoms with Gasteiger partial charge in [0.15, 0.2) is 0 Å². The molecule has 0 aromatic carbocycles. The van der Waals surface area contributed by atoms with Crippen LogP contribution in [0.2, 0.25) is 0 Å². The van der Waals surface area contributed by atoms with Gasteiger partial charge < -0.3 is 19.4 Å². The Hall–Kier alpha value is -1.70. The Morgan fingerprint density at radius 1 is 1.06 bits per heavy atom. The summed E-state index contributed by atoms with van der Waals surface area (Å²) in [4.78, 5) is 28.0. The van der Waals surface area contributed by atoms with Gasteiger partial charge in [0.25, 0.3) is 0 Å². The summed E-state index contributed by atoms with van der Waals surface area (Å²) in [6.07, 6.45) is 8.24. The number of likely N-dealkylation sites (tertiary alicyclic amines) is 1. The summed E-state index contributed by atoms with van der Waals surface area (Å²) in [5.41, 5.74) is 1.03. The minimum absolute atomic E-state index is 0.185. The lowest BCUT2D eigenvalue weighted by molar-refractivity contribution is -0.156. The second kappa shape index (κ2) is 9.65. The van der Waals surface area contributed by atoms with E-state index in [0.29, 0.717) is 17.9 Å². The molecule has 1 aliphatic carbocycles. The van der Waals surface area contributed by atoms with Crippen LogP contribution < -0.4 is 4.90 Å². The van der Waals surface area contributed by atoms with Crippen molar-refractivity contribution in [2.24, 2.45) is 11.3 Å². The molecule has 7 nitrogen and oxygen atoms in total. The maximum absolute atomic E-state index is 14.1. The number of carbonyl (C=O) groups excluding carboxylic acids is 1. The van der Waals surface area contributed by atoms with Gasteiger partial charge in [-0.2, -0.15) is 0 Å². The van der Waals surface area contributed by atoms with E-state index in [2.05, 4.69) is 43.6 Å². The smallest absolute Gasteiger partial charge is 0.230 e. The molecule has 4 heterocycles. The second-order valence-corrected chi connectivity index (χ2v) is 10.1. The van der Waals surface area contributed by atoms with E-state index in [1.807, 2.05) is 12.4 Å². The van der Waals surface area contributed by atoms with Crippen molar-refractivity contribution in [1.29, 1.82) is 0 Å². The molecule has 176 valence electrons. The lowest BCUT2D eigenvalue weighted by atomic mass is 9.60. The molecule has 1 aromatic heterocycles. The number of hydrogen-bond donors (Lipinski definition) is 0. The normalized spacial score (nSPS) is 32.5. The summed E-state index contributed by atoms with van der Waals surface area (Å²) in [6, 6.07) is 4.76. The molecule has 1 amide bonds. The van der Waals surface area contributed by atoms with Crippen LogP contribution in [0.1, 0.15) is 32.6 Å². The Labute approximate surface area is 192 Å². The number of hydrogen-bond acceptors (Lipinski definition) is 6. The molecule has 1 saturated carbocycles. The Balaban J connectivity index is 1.28. The van der Waals surface area contributed by atoms with Gasteiger partial charge in [-0.3, -0.25) is 14.7 Å². The highest BCUT2D eigenvalue weighted by molar-refractivity contribution is 5.84. The monoisotopic (exact) mass is 441 g/mol. The van der Waals surface area contributed by atoms with Gasteiger partial charge in [0.05, 0.1) is 18.6 Å². The molecular formula is C25H39N5O2. The SMILES string of the molecule is CCN1CC[C@@H]2C[C@@H](N3CCOCC3)CC[C@@]2(C(=O)N2CCN(c3ccncc3)CC2)C1. The topological polar surface area (TPSA) is 52.2 Å². The van der Waals surface area contributed by atoms with Gasteiger partial charge in [0, 0.05) is 69.9 Å². The van der Waals surface area contributed by atoms with Crippen LogP contribution in [0.4, 0.5) is 5.69 Å². The van der Waals surface area contributed by atoms with Crippen molar-refractivity contribution < 1.29 is 9.53 Å². The van der Waals surface area contributed by atoms with Crippen LogP contribution >= 0.6 is 0 Å². The fourth-order valence-electron chi connectivity index (χ4n) is 6.65. The van der Waals surface area contributed by atoms with Crippen molar-refractivity contribution in [3.8, 4) is 0 Å². The van der Waals surface area contributed by atoms with E-state index >= 15 is 0 Å². The highest BCUT2D eigenvalue weighted by Gasteiger charge is 2.53. The van der Waals surface area contributed by atoms with E-state index < -0.39 is 0 Å². The minimum atomic E-state index is -0.185. The van der Waals surface area contributed by atoms with E-state index in [1.54, 1.807) is 0 Å². The Kier molecular flexibility index (Phi) is 6.67. The summed E-state index contributed by atoms with van der Waals surface area (Å²) in [7, 11) is 0. The molecule has 0 radical (unpaired) electrons. The van der Waals surface area contributed by atoms with Gasteiger partial charge in [0.2, 0.25) is 5.91 Å². The number of nitrogens with zero attached hydrogens (tertiary/aromatic N) is 5. The molecule has 7 heteroatoms. The van der Waals surface area contributed by atoms with Crippen molar-refractivity contribution in [2.45, 2.75) is 38.6 Å². The molecule has 5 rings (SSSR count). The average molecular weight is 442 g/mol. The number of pyridine rings is 1. The molecule has 0 bridgehead atoms. The third kappa shape index (κ3) is 4.27. The van der Waals surface area contributed by atoms with Crippen molar-refractivity contribution >= 4 is 11.6 Å². The third-order valence-corrected chi connectivity index (χ3v) is 8.59. The van der Waals surface area contributed by atoms with Crippen LogP contribution in [0.25, 0.3) is 0 Å². The van der Waals surface area contributed by atoms with Crippen molar-refractivity contribution in [3.63, 3.8) is 0 Å². The van der Waals surface area contributed by atoms with Gasteiger partial charge in [0.1, 0.15) is 0 Å². The number of anilines is 1. The minimum Gasteiger partial charge on any atom is -0.379 e. The third-order valence-electron chi connectivity index (χ3n) is 8.59. The first kappa shape index (κ1) is 22.1. The second-order valence-electron chi connectivity index (χ2n) is 10.1. The molecule has 3 atom stereocenters. The molecule has 32 heavy (non-hydrogen) atoms. The van der Waals surface area contributed by atoms with Gasteiger partial charge in [-0.15, -0.1) is 0 Å². The number of piperazine rings is 1. The van der Waals surface area contributed by atoms with Gasteiger partial charge >= 0.3 is 0 Å². The standard InChI is InChI=1S/C25H39N5O2/c1-2-27-10-6-21-19-23(29-15-17-32-18-16-29)3-7-25(21,20-27)24(31)30-13-11-28(12-14-30)22-4-8-26-9-5-22/h4-5,8-9,21,23H,2-3,6-7,10-20H2,1H3/t21-,23+,25-/m1/s1. The highest BCUT2D eigenvalue weighted by atomic mass is 16.5. The molecule has 4 fully saturated rings. The first-order valence-corrected chi connectivity index (χ1v) is 12.7. The zero-order chi connectivity index (χ0) is 22.0. The Morgan fingerprint density at radius 2 is 1.81 bits per heavy atom. The molecular weight excluding hydrogens is 402 g/mol. The van der Waals surface area contributed by atoms with Crippen LogP contribution in [0.5, 0.6) is 0 Å². The van der Waals surface area contributed by atoms with Gasteiger partial charge in [-0.25, -0.2) is 0 Å². The van der Waals surface area contributed by atoms with E-state index in [9.17, 15) is 4.79 Å². The largest absolute Gasteiger partial charge is 0.379 e. The van der Waals surface area contributed by atoms with Crippen LogP contribution in [0, 0.1) is 11.3 Å². The van der Waals surface area contributed by atoms with Crippen molar-refractivity contribution in [3.05, 3.63) is 24.5 Å². The van der Waals surface area contributed by atoms with E-state index in [4.69, 9.17) is 4.74 Å². The van der Waals surface area contributed by atoms with E-state index in [0.717, 1.165) is 91.4 Å². The molecule has 4 aliphatic rings. The molecule has 1 aromatic rings.